The maximum Gasteiger partial charge on any atom is 0.247 e. The highest BCUT2D eigenvalue weighted by atomic mass is 79.9. The van der Waals surface area contributed by atoms with E-state index < -0.39 is 32.6 Å². The Hall–Kier alpha value is -0.570. The molecule has 0 radical (unpaired) electrons. The fourth-order valence-corrected chi connectivity index (χ4v) is 4.68. The second-order valence-electron chi connectivity index (χ2n) is 4.24. The molecule has 0 aliphatic carbocycles. The molecule has 0 N–H and O–H groups in total. The van der Waals surface area contributed by atoms with Gasteiger partial charge in [-0.1, -0.05) is 0 Å². The van der Waals surface area contributed by atoms with E-state index in [0.29, 0.717) is 6.07 Å². The SMILES string of the molecule is C[C@@H]1COCCN1S(=O)(=O)c1c(F)cc(F)cc1Br. The van der Waals surface area contributed by atoms with Crippen molar-refractivity contribution in [3.63, 3.8) is 0 Å². The lowest BCUT2D eigenvalue weighted by Crippen LogP contribution is -2.47. The highest BCUT2D eigenvalue weighted by molar-refractivity contribution is 9.10. The molecule has 19 heavy (non-hydrogen) atoms. The van der Waals surface area contributed by atoms with Crippen molar-refractivity contribution in [3.05, 3.63) is 28.2 Å². The van der Waals surface area contributed by atoms with E-state index in [1.165, 1.54) is 0 Å². The molecule has 4 nitrogen and oxygen atoms in total. The third kappa shape index (κ3) is 2.81. The highest BCUT2D eigenvalue weighted by Gasteiger charge is 2.35. The molecule has 0 saturated carbocycles. The van der Waals surface area contributed by atoms with E-state index in [0.717, 1.165) is 10.4 Å². The first-order valence-electron chi connectivity index (χ1n) is 5.58. The molecule has 1 atom stereocenters. The number of ether oxygens (including phenoxy) is 1. The van der Waals surface area contributed by atoms with Crippen molar-refractivity contribution in [1.82, 2.24) is 4.31 Å². The number of hydrogen-bond donors (Lipinski definition) is 0. The van der Waals surface area contributed by atoms with E-state index >= 15 is 0 Å². The first-order valence-corrected chi connectivity index (χ1v) is 7.81. The maximum atomic E-state index is 13.8. The standard InChI is InChI=1S/C11H12BrF2NO3S/c1-7-6-18-3-2-15(7)19(16,17)11-9(12)4-8(13)5-10(11)14/h4-5,7H,2-3,6H2,1H3/t7-/m1/s1. The average Bonchev–Trinajstić information content (AvgIpc) is 2.27. The highest BCUT2D eigenvalue weighted by Crippen LogP contribution is 2.30. The van der Waals surface area contributed by atoms with Crippen molar-refractivity contribution in [2.75, 3.05) is 19.8 Å². The minimum Gasteiger partial charge on any atom is -0.378 e. The van der Waals surface area contributed by atoms with Crippen molar-refractivity contribution >= 4 is 26.0 Å². The largest absolute Gasteiger partial charge is 0.378 e. The van der Waals surface area contributed by atoms with Crippen LogP contribution in [-0.2, 0) is 14.8 Å². The predicted octanol–water partition coefficient (Wildman–Crippen LogP) is 2.14. The van der Waals surface area contributed by atoms with Crippen LogP contribution in [0.3, 0.4) is 0 Å². The van der Waals surface area contributed by atoms with Gasteiger partial charge in [0.2, 0.25) is 10.0 Å². The molecule has 1 aliphatic rings. The van der Waals surface area contributed by atoms with Gasteiger partial charge in [0.1, 0.15) is 16.5 Å². The van der Waals surface area contributed by atoms with Crippen LogP contribution in [0.2, 0.25) is 0 Å². The van der Waals surface area contributed by atoms with Gasteiger partial charge in [-0.05, 0) is 28.9 Å². The quantitative estimate of drug-likeness (QED) is 0.816. The number of sulfonamides is 1. The van der Waals surface area contributed by atoms with Crippen LogP contribution in [0.25, 0.3) is 0 Å². The number of rotatable bonds is 2. The Morgan fingerprint density at radius 2 is 2.11 bits per heavy atom. The predicted molar refractivity (Wildman–Crippen MR) is 68.2 cm³/mol. The van der Waals surface area contributed by atoms with E-state index in [4.69, 9.17) is 4.74 Å². The van der Waals surface area contributed by atoms with Crippen LogP contribution in [-0.4, -0.2) is 38.5 Å². The summed E-state index contributed by atoms with van der Waals surface area (Å²) in [5.74, 6) is -1.94. The van der Waals surface area contributed by atoms with Crippen molar-refractivity contribution < 1.29 is 21.9 Å². The fourth-order valence-electron chi connectivity index (χ4n) is 1.96. The van der Waals surface area contributed by atoms with E-state index in [1.807, 2.05) is 0 Å². The molecule has 0 unspecified atom stereocenters. The van der Waals surface area contributed by atoms with Gasteiger partial charge in [-0.3, -0.25) is 0 Å². The molecule has 2 rings (SSSR count). The van der Waals surface area contributed by atoms with E-state index in [-0.39, 0.29) is 24.2 Å². The number of benzene rings is 1. The van der Waals surface area contributed by atoms with Crippen LogP contribution in [0.15, 0.2) is 21.5 Å². The normalized spacial score (nSPS) is 21.6. The third-order valence-corrected chi connectivity index (χ3v) is 5.82. The molecule has 1 heterocycles. The molecule has 0 amide bonds. The number of hydrogen-bond acceptors (Lipinski definition) is 3. The molecular weight excluding hydrogens is 344 g/mol. The smallest absolute Gasteiger partial charge is 0.247 e. The number of nitrogens with zero attached hydrogens (tertiary/aromatic N) is 1. The molecule has 106 valence electrons. The molecule has 1 fully saturated rings. The van der Waals surface area contributed by atoms with Gasteiger partial charge in [-0.15, -0.1) is 0 Å². The van der Waals surface area contributed by atoms with Crippen LogP contribution < -0.4 is 0 Å². The topological polar surface area (TPSA) is 46.6 Å². The summed E-state index contributed by atoms with van der Waals surface area (Å²) >= 11 is 2.90. The Bertz CT molecular complexity index is 571. The number of halogens is 3. The Morgan fingerprint density at radius 3 is 2.68 bits per heavy atom. The second-order valence-corrected chi connectivity index (χ2v) is 6.92. The lowest BCUT2D eigenvalue weighted by Gasteiger charge is -2.32. The van der Waals surface area contributed by atoms with Gasteiger partial charge in [-0.25, -0.2) is 17.2 Å². The van der Waals surface area contributed by atoms with E-state index in [9.17, 15) is 17.2 Å². The van der Waals surface area contributed by atoms with Gasteiger partial charge in [0.25, 0.3) is 0 Å². The van der Waals surface area contributed by atoms with Crippen molar-refractivity contribution in [2.45, 2.75) is 17.9 Å². The lowest BCUT2D eigenvalue weighted by molar-refractivity contribution is 0.0391. The second kappa shape index (κ2) is 5.43. The minimum absolute atomic E-state index is 0.122. The lowest BCUT2D eigenvalue weighted by atomic mass is 10.3. The Kier molecular flexibility index (Phi) is 4.24. The summed E-state index contributed by atoms with van der Waals surface area (Å²) in [6.45, 7) is 2.32. The Labute approximate surface area is 118 Å². The molecule has 1 aliphatic heterocycles. The molecule has 8 heteroatoms. The van der Waals surface area contributed by atoms with Gasteiger partial charge < -0.3 is 4.74 Å². The van der Waals surface area contributed by atoms with Crippen LogP contribution in [0, 0.1) is 11.6 Å². The molecule has 0 aromatic heterocycles. The first kappa shape index (κ1) is 14.8. The molecule has 0 spiro atoms. The summed E-state index contributed by atoms with van der Waals surface area (Å²) in [4.78, 5) is -0.539. The zero-order valence-corrected chi connectivity index (χ0v) is 12.5. The Morgan fingerprint density at radius 1 is 1.42 bits per heavy atom. The molecule has 1 aromatic carbocycles. The van der Waals surface area contributed by atoms with E-state index in [1.54, 1.807) is 6.92 Å². The van der Waals surface area contributed by atoms with Crippen LogP contribution >= 0.6 is 15.9 Å². The fraction of sp³-hybridized carbons (Fsp3) is 0.455. The Balaban J connectivity index is 2.50. The third-order valence-electron chi connectivity index (χ3n) is 2.84. The monoisotopic (exact) mass is 355 g/mol. The average molecular weight is 356 g/mol. The van der Waals surface area contributed by atoms with Crippen molar-refractivity contribution in [1.29, 1.82) is 0 Å². The zero-order valence-electron chi connectivity index (χ0n) is 10.1. The van der Waals surface area contributed by atoms with Gasteiger partial charge in [0.05, 0.1) is 13.2 Å². The first-order chi connectivity index (χ1) is 8.84. The van der Waals surface area contributed by atoms with Crippen LogP contribution in [0.1, 0.15) is 6.92 Å². The molecule has 0 bridgehead atoms. The molecule has 1 saturated heterocycles. The number of morpholine rings is 1. The van der Waals surface area contributed by atoms with Crippen molar-refractivity contribution in [3.8, 4) is 0 Å². The van der Waals surface area contributed by atoms with Gasteiger partial charge >= 0.3 is 0 Å². The van der Waals surface area contributed by atoms with Gasteiger partial charge in [-0.2, -0.15) is 4.31 Å². The summed E-state index contributed by atoms with van der Waals surface area (Å²) < 4.78 is 57.8. The maximum absolute atomic E-state index is 13.8. The van der Waals surface area contributed by atoms with E-state index in [2.05, 4.69) is 15.9 Å². The van der Waals surface area contributed by atoms with Crippen LogP contribution in [0.4, 0.5) is 8.78 Å². The summed E-state index contributed by atoms with van der Waals surface area (Å²) in [6, 6.07) is 1.10. The molecule has 1 aromatic rings. The molecular formula is C11H12BrF2NO3S. The summed E-state index contributed by atoms with van der Waals surface area (Å²) in [5.41, 5.74) is 0. The van der Waals surface area contributed by atoms with Crippen LogP contribution in [0.5, 0.6) is 0 Å². The van der Waals surface area contributed by atoms with Gasteiger partial charge in [0.15, 0.2) is 0 Å². The summed E-state index contributed by atoms with van der Waals surface area (Å²) in [5, 5.41) is 0. The zero-order chi connectivity index (χ0) is 14.2. The summed E-state index contributed by atoms with van der Waals surface area (Å²) in [7, 11) is -4.02. The van der Waals surface area contributed by atoms with Crippen molar-refractivity contribution in [2.24, 2.45) is 0 Å². The minimum atomic E-state index is -4.02. The summed E-state index contributed by atoms with van der Waals surface area (Å²) in [6.07, 6.45) is 0. The van der Waals surface area contributed by atoms with Gasteiger partial charge in [0, 0.05) is 23.1 Å².